The molecule has 0 amide bonds. The minimum Gasteiger partial charge on any atom is -0.462 e. The topological polar surface area (TPSA) is 61.8 Å². The van der Waals surface area contributed by atoms with Crippen LogP contribution in [0.4, 0.5) is 0 Å². The summed E-state index contributed by atoms with van der Waals surface area (Å²) < 4.78 is 17.3. The molecule has 0 aliphatic rings. The molecule has 1 unspecified atom stereocenters. The van der Waals surface area contributed by atoms with Crippen LogP contribution in [0.3, 0.4) is 0 Å². The Balaban J connectivity index is 4.47. The number of carbonyl (C=O) groups is 2. The van der Waals surface area contributed by atoms with E-state index in [2.05, 4.69) is 167 Å². The highest BCUT2D eigenvalue weighted by Gasteiger charge is 2.17. The lowest BCUT2D eigenvalue weighted by Crippen LogP contribution is -2.30. The largest absolute Gasteiger partial charge is 0.462 e. The van der Waals surface area contributed by atoms with Gasteiger partial charge in [0.2, 0.25) is 0 Å². The van der Waals surface area contributed by atoms with Crippen LogP contribution >= 0.6 is 0 Å². The molecule has 0 fully saturated rings. The third-order valence-electron chi connectivity index (χ3n) is 9.85. The first kappa shape index (κ1) is 59.8. The molecule has 0 aromatic carbocycles. The standard InChI is InChI=1S/C59H92O5/c1-4-7-10-13-16-19-22-25-27-29-31-33-36-39-42-45-48-51-54-62-55-57(64-59(61)53-50-47-44-41-38-34-24-21-18-15-12-9-6-3)56-63-58(60)52-49-46-43-40-37-35-32-30-28-26-23-20-17-14-11-8-5-2/h7-12,16-21,25-28,31-35,38,40,43,57H,4-6,13-15,22-24,29-30,36-37,39,41-42,44-56H2,1-3H3/b10-7-,11-8-,12-9-,19-16-,20-17-,21-18-,27-25-,28-26-,33-31-,35-32-,38-34-,43-40-. The van der Waals surface area contributed by atoms with Crippen LogP contribution < -0.4 is 0 Å². The van der Waals surface area contributed by atoms with Gasteiger partial charge in [0.15, 0.2) is 6.10 Å². The third-order valence-corrected chi connectivity index (χ3v) is 9.85. The van der Waals surface area contributed by atoms with E-state index in [0.29, 0.717) is 19.4 Å². The first-order valence-electron chi connectivity index (χ1n) is 25.4. The highest BCUT2D eigenvalue weighted by atomic mass is 16.6. The average molecular weight is 881 g/mol. The zero-order valence-corrected chi connectivity index (χ0v) is 41.0. The molecule has 0 radical (unpaired) electrons. The number of allylic oxidation sites excluding steroid dienone is 24. The Morgan fingerprint density at radius 1 is 0.344 bits per heavy atom. The highest BCUT2D eigenvalue weighted by Crippen LogP contribution is 2.10. The van der Waals surface area contributed by atoms with Gasteiger partial charge in [0.25, 0.3) is 0 Å². The van der Waals surface area contributed by atoms with Crippen molar-refractivity contribution in [3.63, 3.8) is 0 Å². The van der Waals surface area contributed by atoms with Gasteiger partial charge < -0.3 is 14.2 Å². The van der Waals surface area contributed by atoms with Crippen molar-refractivity contribution in [2.24, 2.45) is 0 Å². The van der Waals surface area contributed by atoms with Crippen LogP contribution in [0.1, 0.15) is 188 Å². The quantitative estimate of drug-likeness (QED) is 0.0347. The molecular weight excluding hydrogens is 789 g/mol. The van der Waals surface area contributed by atoms with Gasteiger partial charge in [-0.1, -0.05) is 192 Å². The molecule has 0 saturated heterocycles. The number of esters is 2. The molecular formula is C59H92O5. The Bertz CT molecular complexity index is 1410. The molecule has 0 aromatic rings. The van der Waals surface area contributed by atoms with Gasteiger partial charge in [0, 0.05) is 19.4 Å². The number of rotatable bonds is 44. The van der Waals surface area contributed by atoms with Crippen LogP contribution in [-0.4, -0.2) is 37.9 Å². The van der Waals surface area contributed by atoms with E-state index in [-0.39, 0.29) is 25.2 Å². The summed E-state index contributed by atoms with van der Waals surface area (Å²) in [5.41, 5.74) is 0. The van der Waals surface area contributed by atoms with Gasteiger partial charge in [-0.15, -0.1) is 0 Å². The maximum absolute atomic E-state index is 12.8. The van der Waals surface area contributed by atoms with Gasteiger partial charge in [-0.05, 0) is 128 Å². The van der Waals surface area contributed by atoms with E-state index in [9.17, 15) is 9.59 Å². The van der Waals surface area contributed by atoms with Crippen LogP contribution in [0.25, 0.3) is 0 Å². The van der Waals surface area contributed by atoms with Gasteiger partial charge in [0.05, 0.1) is 6.61 Å². The Hall–Kier alpha value is -4.22. The zero-order chi connectivity index (χ0) is 46.3. The molecule has 1 atom stereocenters. The number of unbranched alkanes of at least 4 members (excludes halogenated alkanes) is 9. The summed E-state index contributed by atoms with van der Waals surface area (Å²) in [4.78, 5) is 25.4. The third kappa shape index (κ3) is 50.4. The highest BCUT2D eigenvalue weighted by molar-refractivity contribution is 5.70. The Morgan fingerprint density at radius 2 is 0.672 bits per heavy atom. The van der Waals surface area contributed by atoms with Gasteiger partial charge in [-0.3, -0.25) is 9.59 Å². The molecule has 0 heterocycles. The fraction of sp³-hybridized carbons (Fsp3) is 0.559. The van der Waals surface area contributed by atoms with Crippen LogP contribution in [-0.2, 0) is 23.8 Å². The second-order valence-electron chi connectivity index (χ2n) is 15.9. The second-order valence-corrected chi connectivity index (χ2v) is 15.9. The van der Waals surface area contributed by atoms with Crippen molar-refractivity contribution in [2.75, 3.05) is 19.8 Å². The van der Waals surface area contributed by atoms with Crippen LogP contribution in [0, 0.1) is 0 Å². The van der Waals surface area contributed by atoms with Crippen molar-refractivity contribution in [1.29, 1.82) is 0 Å². The molecule has 0 bridgehead atoms. The van der Waals surface area contributed by atoms with Gasteiger partial charge in [0.1, 0.15) is 6.61 Å². The normalized spacial score (nSPS) is 13.5. The molecule has 0 aromatic heterocycles. The fourth-order valence-electron chi connectivity index (χ4n) is 6.20. The summed E-state index contributed by atoms with van der Waals surface area (Å²) >= 11 is 0. The maximum Gasteiger partial charge on any atom is 0.306 e. The van der Waals surface area contributed by atoms with Crippen molar-refractivity contribution in [2.45, 2.75) is 194 Å². The summed E-state index contributed by atoms with van der Waals surface area (Å²) in [5.74, 6) is -0.523. The molecule has 0 N–H and O–H groups in total. The Labute approximate surface area is 393 Å². The van der Waals surface area contributed by atoms with Crippen molar-refractivity contribution in [1.82, 2.24) is 0 Å². The lowest BCUT2D eigenvalue weighted by molar-refractivity contribution is -0.163. The van der Waals surface area contributed by atoms with Crippen molar-refractivity contribution in [3.8, 4) is 0 Å². The SMILES string of the molecule is CC/C=C\C/C=C\C/C=C\C/C=C\C/C=C\CCCC(=O)OCC(COCCCCCCC/C=C\C/C=C\C/C=C\C/C=C\CC)OC(=O)CCCCC/C=C\C/C=C\C/C=C\CC. The molecule has 0 saturated carbocycles. The average Bonchev–Trinajstić information content (AvgIpc) is 3.30. The number of hydrogen-bond acceptors (Lipinski definition) is 5. The second kappa shape index (κ2) is 53.1. The first-order chi connectivity index (χ1) is 31.6. The molecule has 0 spiro atoms. The van der Waals surface area contributed by atoms with Gasteiger partial charge in [-0.2, -0.15) is 0 Å². The number of hydrogen-bond donors (Lipinski definition) is 0. The summed E-state index contributed by atoms with van der Waals surface area (Å²) in [6, 6.07) is 0. The lowest BCUT2D eigenvalue weighted by atomic mass is 10.1. The van der Waals surface area contributed by atoms with Crippen molar-refractivity contribution in [3.05, 3.63) is 146 Å². The molecule has 0 aliphatic carbocycles. The molecule has 5 heteroatoms. The van der Waals surface area contributed by atoms with E-state index in [1.807, 2.05) is 0 Å². The predicted molar refractivity (Wildman–Crippen MR) is 278 cm³/mol. The van der Waals surface area contributed by atoms with Gasteiger partial charge >= 0.3 is 11.9 Å². The van der Waals surface area contributed by atoms with E-state index < -0.39 is 6.10 Å². The van der Waals surface area contributed by atoms with Crippen LogP contribution in [0.5, 0.6) is 0 Å². The molecule has 5 nitrogen and oxygen atoms in total. The fourth-order valence-corrected chi connectivity index (χ4v) is 6.20. The molecule has 358 valence electrons. The van der Waals surface area contributed by atoms with Gasteiger partial charge in [-0.25, -0.2) is 0 Å². The van der Waals surface area contributed by atoms with E-state index in [1.54, 1.807) is 0 Å². The van der Waals surface area contributed by atoms with E-state index in [1.165, 1.54) is 19.3 Å². The summed E-state index contributed by atoms with van der Waals surface area (Å²) in [6.45, 7) is 7.32. The maximum atomic E-state index is 12.8. The first-order valence-corrected chi connectivity index (χ1v) is 25.4. The minimum atomic E-state index is -0.595. The smallest absolute Gasteiger partial charge is 0.306 e. The molecule has 64 heavy (non-hydrogen) atoms. The lowest BCUT2D eigenvalue weighted by Gasteiger charge is -2.18. The number of carbonyl (C=O) groups excluding carboxylic acids is 2. The summed E-state index contributed by atoms with van der Waals surface area (Å²) in [5, 5.41) is 0. The van der Waals surface area contributed by atoms with Crippen LogP contribution in [0.2, 0.25) is 0 Å². The minimum absolute atomic E-state index is 0.0255. The van der Waals surface area contributed by atoms with E-state index in [4.69, 9.17) is 14.2 Å². The zero-order valence-electron chi connectivity index (χ0n) is 41.0. The Kier molecular flexibility index (Phi) is 49.6. The molecule has 0 aliphatic heterocycles. The van der Waals surface area contributed by atoms with Crippen molar-refractivity contribution >= 4 is 11.9 Å². The monoisotopic (exact) mass is 881 g/mol. The summed E-state index contributed by atoms with van der Waals surface area (Å²) in [6.07, 6.45) is 77.2. The molecule has 0 rings (SSSR count). The predicted octanol–water partition coefficient (Wildman–Crippen LogP) is 17.3. The van der Waals surface area contributed by atoms with Crippen molar-refractivity contribution < 1.29 is 23.8 Å². The van der Waals surface area contributed by atoms with E-state index in [0.717, 1.165) is 135 Å². The number of ether oxygens (including phenoxy) is 3. The van der Waals surface area contributed by atoms with Crippen LogP contribution in [0.15, 0.2) is 146 Å². The summed E-state index contributed by atoms with van der Waals surface area (Å²) in [7, 11) is 0. The Morgan fingerprint density at radius 3 is 1.09 bits per heavy atom. The van der Waals surface area contributed by atoms with E-state index >= 15 is 0 Å².